The molecule has 2 aliphatic heterocycles. The summed E-state index contributed by atoms with van der Waals surface area (Å²) in [5.41, 5.74) is 3.77. The lowest BCUT2D eigenvalue weighted by molar-refractivity contribution is -0.0481. The normalized spacial score (nSPS) is 27.7. The van der Waals surface area contributed by atoms with Crippen molar-refractivity contribution in [2.24, 2.45) is 16.1 Å². The Morgan fingerprint density at radius 1 is 1.07 bits per heavy atom. The molecule has 4 aliphatic rings. The first-order valence-electron chi connectivity index (χ1n) is 11.2. The molecule has 0 spiro atoms. The lowest BCUT2D eigenvalue weighted by atomic mass is 9.81. The summed E-state index contributed by atoms with van der Waals surface area (Å²) in [5, 5.41) is 11.5. The molecule has 0 saturated heterocycles. The van der Waals surface area contributed by atoms with E-state index in [0.717, 1.165) is 42.6 Å². The predicted octanol–water partition coefficient (Wildman–Crippen LogP) is 4.35. The van der Waals surface area contributed by atoms with Crippen LogP contribution >= 0.6 is 11.6 Å². The van der Waals surface area contributed by atoms with Crippen LogP contribution in [0, 0.1) is 5.92 Å². The second-order valence-corrected chi connectivity index (χ2v) is 9.41. The van der Waals surface area contributed by atoms with Crippen LogP contribution in [0.5, 0.6) is 0 Å². The van der Waals surface area contributed by atoms with Crippen LogP contribution in [0.1, 0.15) is 63.4 Å². The number of H-pyrrole nitrogens is 1. The predicted molar refractivity (Wildman–Crippen MR) is 117 cm³/mol. The first-order valence-corrected chi connectivity index (χ1v) is 11.6. The van der Waals surface area contributed by atoms with Gasteiger partial charge in [0.2, 0.25) is 0 Å². The van der Waals surface area contributed by atoms with Crippen LogP contribution in [0.3, 0.4) is 0 Å². The Balaban J connectivity index is 1.41. The molecular formula is C23H31ClN4O. The van der Waals surface area contributed by atoms with Crippen molar-refractivity contribution in [1.82, 2.24) is 4.98 Å². The van der Waals surface area contributed by atoms with Crippen molar-refractivity contribution in [2.45, 2.75) is 76.5 Å². The highest BCUT2D eigenvalue weighted by Crippen LogP contribution is 2.38. The molecule has 0 bridgehead atoms. The van der Waals surface area contributed by atoms with E-state index in [9.17, 15) is 0 Å². The Bertz CT molecular complexity index is 933. The fourth-order valence-electron chi connectivity index (χ4n) is 5.54. The summed E-state index contributed by atoms with van der Waals surface area (Å²) in [5.74, 6) is 0.476. The van der Waals surface area contributed by atoms with Gasteiger partial charge in [0.1, 0.15) is 0 Å². The Morgan fingerprint density at radius 3 is 2.62 bits per heavy atom. The fraction of sp³-hybridized carbons (Fsp3) is 0.652. The number of nitrogens with one attached hydrogen (secondary N) is 1. The molecule has 2 aliphatic carbocycles. The van der Waals surface area contributed by atoms with Crippen LogP contribution in [0.25, 0.3) is 11.8 Å². The van der Waals surface area contributed by atoms with Crippen molar-refractivity contribution in [3.63, 3.8) is 0 Å². The molecule has 0 atom stereocenters. The topological polar surface area (TPSA) is 53.0 Å². The monoisotopic (exact) mass is 414 g/mol. The number of rotatable bonds is 3. The van der Waals surface area contributed by atoms with E-state index in [1.54, 1.807) is 0 Å². The smallest absolute Gasteiger partial charge is 0.0895 e. The summed E-state index contributed by atoms with van der Waals surface area (Å²) < 4.78 is 6.47. The molecule has 0 aromatic carbocycles. The summed E-state index contributed by atoms with van der Waals surface area (Å²) in [7, 11) is 2.14. The number of hydrogen-bond acceptors (Lipinski definition) is 4. The molecule has 5 nitrogen and oxygen atoms in total. The number of azo groups is 1. The van der Waals surface area contributed by atoms with Gasteiger partial charge in [-0.2, -0.15) is 10.2 Å². The van der Waals surface area contributed by atoms with Gasteiger partial charge in [0.05, 0.1) is 41.3 Å². The van der Waals surface area contributed by atoms with E-state index in [0.29, 0.717) is 24.7 Å². The Morgan fingerprint density at radius 2 is 1.83 bits per heavy atom. The summed E-state index contributed by atoms with van der Waals surface area (Å²) in [6, 6.07) is 0. The van der Waals surface area contributed by atoms with Gasteiger partial charge in [0.25, 0.3) is 0 Å². The molecule has 1 N–H and O–H groups in total. The Labute approximate surface area is 177 Å². The number of nitrogens with zero attached hydrogens (tertiary/aromatic N) is 3. The van der Waals surface area contributed by atoms with Crippen molar-refractivity contribution < 1.29 is 4.74 Å². The van der Waals surface area contributed by atoms with Crippen molar-refractivity contribution >= 4 is 29.1 Å². The van der Waals surface area contributed by atoms with Gasteiger partial charge in [-0.05, 0) is 56.1 Å². The minimum absolute atomic E-state index is 0.424. The number of halogens is 1. The largest absolute Gasteiger partial charge is 0.375 e. The van der Waals surface area contributed by atoms with E-state index in [1.807, 2.05) is 6.20 Å². The van der Waals surface area contributed by atoms with Crippen LogP contribution in [0.15, 0.2) is 21.3 Å². The van der Waals surface area contributed by atoms with Gasteiger partial charge in [-0.3, -0.25) is 0 Å². The van der Waals surface area contributed by atoms with Crippen LogP contribution in [0.2, 0.25) is 0 Å². The molecule has 0 amide bonds. The lowest BCUT2D eigenvalue weighted by Gasteiger charge is -2.33. The third-order valence-corrected chi connectivity index (χ3v) is 7.43. The average Bonchev–Trinajstić information content (AvgIpc) is 3.08. The molecule has 0 radical (unpaired) electrons. The number of aromatic nitrogens is 1. The van der Waals surface area contributed by atoms with Crippen LogP contribution in [-0.4, -0.2) is 30.8 Å². The van der Waals surface area contributed by atoms with E-state index in [-0.39, 0.29) is 0 Å². The van der Waals surface area contributed by atoms with Crippen LogP contribution in [-0.2, 0) is 11.3 Å². The molecule has 0 unspecified atom stereocenters. The number of allylic oxidation sites excluding steroid dienone is 1. The standard InChI is InChI=1S/C23H31ClN4O/c1-28-12-11-19(24)21(22-23(28)18-13-25-26-14-20(18)27-22)15-7-9-17(10-8-15)29-16-5-3-2-4-6-16/h11,14-17,27H,2-10,12-13H2,1H3. The first kappa shape index (κ1) is 19.4. The van der Waals surface area contributed by atoms with Gasteiger partial charge in [-0.15, -0.1) is 0 Å². The van der Waals surface area contributed by atoms with Crippen LogP contribution < -0.4 is 15.6 Å². The molecule has 1 aromatic heterocycles. The second-order valence-electron chi connectivity index (χ2n) is 9.00. The minimum Gasteiger partial charge on any atom is -0.375 e. The molecule has 2 saturated carbocycles. The van der Waals surface area contributed by atoms with Crippen molar-refractivity contribution in [3.05, 3.63) is 27.4 Å². The summed E-state index contributed by atoms with van der Waals surface area (Å²) >= 11 is 6.86. The van der Waals surface area contributed by atoms with Crippen molar-refractivity contribution in [3.8, 4) is 0 Å². The highest BCUT2D eigenvalue weighted by atomic mass is 35.5. The van der Waals surface area contributed by atoms with Crippen molar-refractivity contribution in [1.29, 1.82) is 0 Å². The van der Waals surface area contributed by atoms with Gasteiger partial charge in [0.15, 0.2) is 0 Å². The number of anilines is 1. The second kappa shape index (κ2) is 8.27. The van der Waals surface area contributed by atoms with E-state index in [1.165, 1.54) is 54.3 Å². The van der Waals surface area contributed by atoms with Crippen molar-refractivity contribution in [2.75, 3.05) is 18.5 Å². The number of aromatic amines is 1. The highest BCUT2D eigenvalue weighted by Gasteiger charge is 2.30. The SMILES string of the molecule is CN1CC=C(Cl)C(C2CCC(OC3CCCCC3)CC2)=c2[nH]c3c(c21)CN=NC=3. The third-order valence-electron chi connectivity index (χ3n) is 7.08. The zero-order valence-corrected chi connectivity index (χ0v) is 18.0. The van der Waals surface area contributed by atoms with Gasteiger partial charge in [-0.1, -0.05) is 30.9 Å². The van der Waals surface area contributed by atoms with Gasteiger partial charge in [0, 0.05) is 24.2 Å². The van der Waals surface area contributed by atoms with Gasteiger partial charge >= 0.3 is 0 Å². The Kier molecular flexibility index (Phi) is 5.53. The average molecular weight is 415 g/mol. The number of ether oxygens (including phenoxy) is 1. The molecule has 2 fully saturated rings. The summed E-state index contributed by atoms with van der Waals surface area (Å²) in [4.78, 5) is 5.92. The fourth-order valence-corrected chi connectivity index (χ4v) is 5.86. The molecule has 29 heavy (non-hydrogen) atoms. The molecule has 3 heterocycles. The first-order chi connectivity index (χ1) is 14.2. The number of hydrogen-bond donors (Lipinski definition) is 1. The van der Waals surface area contributed by atoms with E-state index >= 15 is 0 Å². The maximum Gasteiger partial charge on any atom is 0.0895 e. The quantitative estimate of drug-likeness (QED) is 0.799. The summed E-state index contributed by atoms with van der Waals surface area (Å²) in [6.07, 6.45) is 16.0. The number of likely N-dealkylation sites (N-methyl/N-ethyl adjacent to an activating group) is 1. The zero-order chi connectivity index (χ0) is 19.8. The maximum atomic E-state index is 6.86. The molecule has 6 heteroatoms. The van der Waals surface area contributed by atoms with E-state index < -0.39 is 0 Å². The molecule has 5 rings (SSSR count). The van der Waals surface area contributed by atoms with E-state index in [2.05, 4.69) is 33.2 Å². The van der Waals surface area contributed by atoms with Gasteiger partial charge < -0.3 is 14.6 Å². The highest BCUT2D eigenvalue weighted by molar-refractivity contribution is 6.36. The minimum atomic E-state index is 0.424. The van der Waals surface area contributed by atoms with E-state index in [4.69, 9.17) is 16.3 Å². The number of fused-ring (bicyclic) bond motifs is 3. The third kappa shape index (κ3) is 3.79. The summed E-state index contributed by atoms with van der Waals surface area (Å²) in [6.45, 7) is 1.45. The Hall–Kier alpha value is -1.59. The molecule has 156 valence electrons. The molecule has 1 aromatic rings. The molecular weight excluding hydrogens is 384 g/mol. The maximum absolute atomic E-state index is 6.86. The lowest BCUT2D eigenvalue weighted by Crippen LogP contribution is -2.30. The zero-order valence-electron chi connectivity index (χ0n) is 17.3. The van der Waals surface area contributed by atoms with Crippen LogP contribution in [0.4, 0.5) is 5.69 Å². The van der Waals surface area contributed by atoms with Gasteiger partial charge in [-0.25, -0.2) is 0 Å².